The van der Waals surface area contributed by atoms with Crippen molar-refractivity contribution in [3.05, 3.63) is 0 Å². The predicted octanol–water partition coefficient (Wildman–Crippen LogP) is 1.89. The van der Waals surface area contributed by atoms with Crippen LogP contribution in [-0.2, 0) is 4.74 Å². The second-order valence-electron chi connectivity index (χ2n) is 8.54. The third-order valence-electron chi connectivity index (χ3n) is 4.76. The fraction of sp³-hybridized carbons (Fsp3) is 0.895. The van der Waals surface area contributed by atoms with Crippen molar-refractivity contribution in [2.75, 3.05) is 46.3 Å². The van der Waals surface area contributed by atoms with Gasteiger partial charge in [-0.2, -0.15) is 0 Å². The second kappa shape index (κ2) is 9.44. The van der Waals surface area contributed by atoms with E-state index in [-0.39, 0.29) is 12.1 Å². The molecule has 0 radical (unpaired) electrons. The lowest BCUT2D eigenvalue weighted by Crippen LogP contribution is -2.44. The summed E-state index contributed by atoms with van der Waals surface area (Å²) in [4.78, 5) is 21.5. The number of alkyl carbamates (subject to hydrolysis) is 1. The highest BCUT2D eigenvalue weighted by Gasteiger charge is 2.28. The lowest BCUT2D eigenvalue weighted by atomic mass is 9.99. The molecular formula is C19H37N5O2. The van der Waals surface area contributed by atoms with Gasteiger partial charge in [0.05, 0.1) is 6.04 Å². The van der Waals surface area contributed by atoms with Gasteiger partial charge in [0, 0.05) is 32.7 Å². The van der Waals surface area contributed by atoms with Crippen LogP contribution in [0.4, 0.5) is 4.79 Å². The molecule has 150 valence electrons. The number of aliphatic imine (C=N–C) groups is 1. The number of carbonyl (C=O) groups excluding carboxylic acids is 1. The molecule has 0 aliphatic carbocycles. The van der Waals surface area contributed by atoms with E-state index in [0.717, 1.165) is 45.1 Å². The minimum atomic E-state index is -0.466. The lowest BCUT2D eigenvalue weighted by Gasteiger charge is -2.29. The number of hydrogen-bond acceptors (Lipinski definition) is 4. The molecule has 2 fully saturated rings. The summed E-state index contributed by atoms with van der Waals surface area (Å²) in [5.41, 5.74) is -0.466. The van der Waals surface area contributed by atoms with Crippen LogP contribution in [0.2, 0.25) is 0 Å². The average molecular weight is 368 g/mol. The van der Waals surface area contributed by atoms with Gasteiger partial charge in [-0.3, -0.25) is 4.99 Å². The van der Waals surface area contributed by atoms with Gasteiger partial charge in [-0.1, -0.05) is 0 Å². The van der Waals surface area contributed by atoms with E-state index in [2.05, 4.69) is 34.4 Å². The zero-order valence-corrected chi connectivity index (χ0v) is 17.2. The Morgan fingerprint density at radius 1 is 1.23 bits per heavy atom. The Morgan fingerprint density at radius 2 is 2.00 bits per heavy atom. The summed E-state index contributed by atoms with van der Waals surface area (Å²) in [6.07, 6.45) is 3.10. The SMILES string of the molecule is CCNC(=NCC1CCCN(C)C1)N1CCC(NC(=O)OC(C)(C)C)C1. The van der Waals surface area contributed by atoms with Gasteiger partial charge in [-0.05, 0) is 66.5 Å². The van der Waals surface area contributed by atoms with Crippen LogP contribution in [0.3, 0.4) is 0 Å². The summed E-state index contributed by atoms with van der Waals surface area (Å²) in [5, 5.41) is 6.39. The number of nitrogens with one attached hydrogen (secondary N) is 2. The summed E-state index contributed by atoms with van der Waals surface area (Å²) in [5.74, 6) is 1.61. The molecule has 1 amide bonds. The molecule has 0 saturated carbocycles. The zero-order valence-electron chi connectivity index (χ0n) is 17.2. The number of piperidine rings is 1. The van der Waals surface area contributed by atoms with Crippen molar-refractivity contribution in [2.45, 2.75) is 58.6 Å². The number of likely N-dealkylation sites (tertiary alicyclic amines) is 2. The molecule has 2 aliphatic rings. The van der Waals surface area contributed by atoms with Crippen molar-refractivity contribution in [3.8, 4) is 0 Å². The number of carbonyl (C=O) groups is 1. The van der Waals surface area contributed by atoms with Crippen molar-refractivity contribution >= 4 is 12.1 Å². The Kier molecular flexibility index (Phi) is 7.55. The molecule has 2 heterocycles. The van der Waals surface area contributed by atoms with E-state index in [4.69, 9.17) is 9.73 Å². The van der Waals surface area contributed by atoms with Crippen molar-refractivity contribution in [1.82, 2.24) is 20.4 Å². The average Bonchev–Trinajstić information content (AvgIpc) is 2.97. The maximum Gasteiger partial charge on any atom is 0.407 e. The van der Waals surface area contributed by atoms with Crippen molar-refractivity contribution < 1.29 is 9.53 Å². The van der Waals surface area contributed by atoms with Gasteiger partial charge in [-0.15, -0.1) is 0 Å². The summed E-state index contributed by atoms with van der Waals surface area (Å²) in [6.45, 7) is 13.5. The molecule has 0 aromatic heterocycles. The largest absolute Gasteiger partial charge is 0.444 e. The Hall–Kier alpha value is -1.50. The standard InChI is InChI=1S/C19H37N5O2/c1-6-20-17(21-12-15-8-7-10-23(5)13-15)24-11-9-16(14-24)22-18(25)26-19(2,3)4/h15-16H,6-14H2,1-5H3,(H,20,21)(H,22,25). The summed E-state index contributed by atoms with van der Waals surface area (Å²) >= 11 is 0. The number of amides is 1. The lowest BCUT2D eigenvalue weighted by molar-refractivity contribution is 0.0507. The Labute approximate surface area is 158 Å². The highest BCUT2D eigenvalue weighted by Crippen LogP contribution is 2.16. The van der Waals surface area contributed by atoms with E-state index in [1.54, 1.807) is 0 Å². The van der Waals surface area contributed by atoms with E-state index in [9.17, 15) is 4.79 Å². The molecule has 2 aliphatic heterocycles. The molecule has 0 spiro atoms. The summed E-state index contributed by atoms with van der Waals surface area (Å²) < 4.78 is 5.36. The molecule has 2 atom stereocenters. The number of hydrogen-bond donors (Lipinski definition) is 2. The second-order valence-corrected chi connectivity index (χ2v) is 8.54. The van der Waals surface area contributed by atoms with Crippen LogP contribution in [0.5, 0.6) is 0 Å². The zero-order chi connectivity index (χ0) is 19.2. The van der Waals surface area contributed by atoms with E-state index >= 15 is 0 Å². The Morgan fingerprint density at radius 3 is 2.65 bits per heavy atom. The fourth-order valence-corrected chi connectivity index (χ4v) is 3.61. The first kappa shape index (κ1) is 20.8. The maximum atomic E-state index is 12.0. The maximum absolute atomic E-state index is 12.0. The molecule has 0 aromatic carbocycles. The number of rotatable bonds is 4. The van der Waals surface area contributed by atoms with Crippen LogP contribution in [-0.4, -0.2) is 79.8 Å². The van der Waals surface area contributed by atoms with E-state index in [1.807, 2.05) is 20.8 Å². The van der Waals surface area contributed by atoms with E-state index < -0.39 is 5.60 Å². The monoisotopic (exact) mass is 367 g/mol. The van der Waals surface area contributed by atoms with Crippen LogP contribution >= 0.6 is 0 Å². The number of guanidine groups is 1. The van der Waals surface area contributed by atoms with Crippen molar-refractivity contribution in [1.29, 1.82) is 0 Å². The number of ether oxygens (including phenoxy) is 1. The van der Waals surface area contributed by atoms with Gasteiger partial charge < -0.3 is 25.2 Å². The minimum absolute atomic E-state index is 0.106. The molecule has 26 heavy (non-hydrogen) atoms. The molecule has 2 rings (SSSR count). The molecule has 2 saturated heterocycles. The van der Waals surface area contributed by atoms with Crippen LogP contribution in [0.25, 0.3) is 0 Å². The summed E-state index contributed by atoms with van der Waals surface area (Å²) in [7, 11) is 2.19. The fourth-order valence-electron chi connectivity index (χ4n) is 3.61. The first-order valence-electron chi connectivity index (χ1n) is 9.98. The van der Waals surface area contributed by atoms with Crippen LogP contribution < -0.4 is 10.6 Å². The smallest absolute Gasteiger partial charge is 0.407 e. The first-order chi connectivity index (χ1) is 12.3. The van der Waals surface area contributed by atoms with Crippen molar-refractivity contribution in [2.24, 2.45) is 10.9 Å². The molecular weight excluding hydrogens is 330 g/mol. The third kappa shape index (κ3) is 7.02. The normalized spacial score (nSPS) is 25.3. The molecule has 2 unspecified atom stereocenters. The summed E-state index contributed by atoms with van der Waals surface area (Å²) in [6, 6.07) is 0.106. The Bertz CT molecular complexity index is 489. The molecule has 0 bridgehead atoms. The van der Waals surface area contributed by atoms with Gasteiger partial charge in [0.2, 0.25) is 0 Å². The van der Waals surface area contributed by atoms with Crippen LogP contribution in [0, 0.1) is 5.92 Å². The third-order valence-corrected chi connectivity index (χ3v) is 4.76. The molecule has 7 heteroatoms. The van der Waals surface area contributed by atoms with Crippen LogP contribution in [0.1, 0.15) is 47.0 Å². The molecule has 2 N–H and O–H groups in total. The first-order valence-corrected chi connectivity index (χ1v) is 9.98. The van der Waals surface area contributed by atoms with Gasteiger partial charge in [-0.25, -0.2) is 4.79 Å². The number of nitrogens with zero attached hydrogens (tertiary/aromatic N) is 3. The predicted molar refractivity (Wildman–Crippen MR) is 106 cm³/mol. The minimum Gasteiger partial charge on any atom is -0.444 e. The van der Waals surface area contributed by atoms with Gasteiger partial charge in [0.15, 0.2) is 5.96 Å². The molecule has 7 nitrogen and oxygen atoms in total. The molecule has 0 aromatic rings. The topological polar surface area (TPSA) is 69.2 Å². The highest BCUT2D eigenvalue weighted by atomic mass is 16.6. The van der Waals surface area contributed by atoms with Gasteiger partial charge in [0.25, 0.3) is 0 Å². The van der Waals surface area contributed by atoms with E-state index in [1.165, 1.54) is 19.4 Å². The Balaban J connectivity index is 1.85. The van der Waals surface area contributed by atoms with Gasteiger partial charge >= 0.3 is 6.09 Å². The van der Waals surface area contributed by atoms with E-state index in [0.29, 0.717) is 5.92 Å². The van der Waals surface area contributed by atoms with Crippen molar-refractivity contribution in [3.63, 3.8) is 0 Å². The highest BCUT2D eigenvalue weighted by molar-refractivity contribution is 5.80. The van der Waals surface area contributed by atoms with Crippen LogP contribution in [0.15, 0.2) is 4.99 Å². The van der Waals surface area contributed by atoms with Gasteiger partial charge in [0.1, 0.15) is 5.60 Å². The quantitative estimate of drug-likeness (QED) is 0.587.